The maximum absolute atomic E-state index is 4.63. The number of rotatable bonds is 4. The largest absolute Gasteiger partial charge is 0.319 e. The van der Waals surface area contributed by atoms with Gasteiger partial charge in [-0.3, -0.25) is 0 Å². The number of hydrogen-bond acceptors (Lipinski definition) is 3. The average molecular weight is 236 g/mol. The van der Waals surface area contributed by atoms with Crippen LogP contribution in [0.4, 0.5) is 0 Å². The molecule has 2 saturated carbocycles. The van der Waals surface area contributed by atoms with Crippen molar-refractivity contribution in [1.29, 1.82) is 0 Å². The highest BCUT2D eigenvalue weighted by molar-refractivity contribution is 7.09. The summed E-state index contributed by atoms with van der Waals surface area (Å²) in [6.07, 6.45) is 5.55. The SMILES string of the molecule is CNCC1(Cc2nc(C)cs2)CC2CC2C1. The summed E-state index contributed by atoms with van der Waals surface area (Å²) >= 11 is 1.84. The summed E-state index contributed by atoms with van der Waals surface area (Å²) in [6, 6.07) is 0. The van der Waals surface area contributed by atoms with Crippen LogP contribution in [0.15, 0.2) is 5.38 Å². The van der Waals surface area contributed by atoms with Gasteiger partial charge in [0.25, 0.3) is 0 Å². The molecule has 3 heteroatoms. The number of hydrogen-bond donors (Lipinski definition) is 1. The van der Waals surface area contributed by atoms with Crippen molar-refractivity contribution >= 4 is 11.3 Å². The minimum atomic E-state index is 0.520. The summed E-state index contributed by atoms with van der Waals surface area (Å²) in [5, 5.41) is 6.92. The van der Waals surface area contributed by atoms with Crippen molar-refractivity contribution in [2.75, 3.05) is 13.6 Å². The first kappa shape index (κ1) is 10.7. The van der Waals surface area contributed by atoms with Crippen molar-refractivity contribution in [1.82, 2.24) is 10.3 Å². The lowest BCUT2D eigenvalue weighted by Crippen LogP contribution is -2.33. The molecular weight excluding hydrogens is 216 g/mol. The lowest BCUT2D eigenvalue weighted by Gasteiger charge is -2.29. The highest BCUT2D eigenvalue weighted by atomic mass is 32.1. The van der Waals surface area contributed by atoms with Gasteiger partial charge in [-0.25, -0.2) is 4.98 Å². The molecule has 16 heavy (non-hydrogen) atoms. The zero-order chi connectivity index (χ0) is 11.2. The Balaban J connectivity index is 1.74. The van der Waals surface area contributed by atoms with Gasteiger partial charge in [-0.15, -0.1) is 11.3 Å². The molecule has 2 unspecified atom stereocenters. The Kier molecular flexibility index (Phi) is 2.55. The van der Waals surface area contributed by atoms with Gasteiger partial charge < -0.3 is 5.32 Å². The van der Waals surface area contributed by atoms with E-state index in [1.807, 2.05) is 11.3 Å². The first-order chi connectivity index (χ1) is 7.71. The highest BCUT2D eigenvalue weighted by Gasteiger charge is 2.53. The van der Waals surface area contributed by atoms with Gasteiger partial charge in [-0.1, -0.05) is 0 Å². The molecule has 0 amide bonds. The average Bonchev–Trinajstić information content (AvgIpc) is 2.67. The fourth-order valence-electron chi connectivity index (χ4n) is 3.54. The van der Waals surface area contributed by atoms with Crippen LogP contribution >= 0.6 is 11.3 Å². The van der Waals surface area contributed by atoms with Gasteiger partial charge in [0, 0.05) is 24.0 Å². The lowest BCUT2D eigenvalue weighted by atomic mass is 9.80. The van der Waals surface area contributed by atoms with Crippen LogP contribution in [-0.2, 0) is 6.42 Å². The van der Waals surface area contributed by atoms with E-state index >= 15 is 0 Å². The summed E-state index contributed by atoms with van der Waals surface area (Å²) in [6.45, 7) is 3.26. The molecule has 0 spiro atoms. The molecule has 1 aromatic heterocycles. The Hall–Kier alpha value is -0.410. The molecule has 3 rings (SSSR count). The zero-order valence-corrected chi connectivity index (χ0v) is 10.9. The summed E-state index contributed by atoms with van der Waals surface area (Å²) in [5.41, 5.74) is 1.70. The second kappa shape index (κ2) is 3.81. The van der Waals surface area contributed by atoms with Crippen LogP contribution in [0.3, 0.4) is 0 Å². The Morgan fingerprint density at radius 1 is 1.50 bits per heavy atom. The van der Waals surface area contributed by atoms with Crippen molar-refractivity contribution in [3.63, 3.8) is 0 Å². The molecule has 0 saturated heterocycles. The molecule has 1 heterocycles. The third-order valence-corrected chi connectivity index (χ3v) is 5.17. The van der Waals surface area contributed by atoms with Crippen LogP contribution in [0.5, 0.6) is 0 Å². The van der Waals surface area contributed by atoms with Gasteiger partial charge in [-0.05, 0) is 50.5 Å². The van der Waals surface area contributed by atoms with Gasteiger partial charge in [0.15, 0.2) is 0 Å². The van der Waals surface area contributed by atoms with Crippen LogP contribution in [0, 0.1) is 24.2 Å². The standard InChI is InChI=1S/C13H20N2S/c1-9-7-16-12(15-9)6-13(8-14-2)4-10-3-11(10)5-13/h7,10-11,14H,3-6,8H2,1-2H3. The Bertz CT molecular complexity index is 375. The maximum atomic E-state index is 4.63. The Morgan fingerprint density at radius 2 is 2.25 bits per heavy atom. The second-order valence-corrected chi connectivity index (χ2v) is 6.70. The molecule has 2 aliphatic rings. The molecule has 0 radical (unpaired) electrons. The number of thiazole rings is 1. The molecule has 1 aromatic rings. The Morgan fingerprint density at radius 3 is 2.81 bits per heavy atom. The second-order valence-electron chi connectivity index (χ2n) is 5.75. The first-order valence-corrected chi connectivity index (χ1v) is 7.14. The van der Waals surface area contributed by atoms with Crippen molar-refractivity contribution in [2.24, 2.45) is 17.3 Å². The van der Waals surface area contributed by atoms with E-state index in [2.05, 4.69) is 29.7 Å². The van der Waals surface area contributed by atoms with Crippen LogP contribution in [0.1, 0.15) is 30.0 Å². The molecule has 2 aliphatic carbocycles. The number of nitrogens with zero attached hydrogens (tertiary/aromatic N) is 1. The molecular formula is C13H20N2S. The maximum Gasteiger partial charge on any atom is 0.0934 e. The highest BCUT2D eigenvalue weighted by Crippen LogP contribution is 2.60. The van der Waals surface area contributed by atoms with Crippen molar-refractivity contribution in [3.05, 3.63) is 16.1 Å². The number of nitrogens with one attached hydrogen (secondary N) is 1. The molecule has 2 nitrogen and oxygen atoms in total. The summed E-state index contributed by atoms with van der Waals surface area (Å²) in [7, 11) is 2.08. The molecule has 2 fully saturated rings. The minimum Gasteiger partial charge on any atom is -0.319 e. The molecule has 1 N–H and O–H groups in total. The quantitative estimate of drug-likeness (QED) is 0.869. The molecule has 0 bridgehead atoms. The first-order valence-electron chi connectivity index (χ1n) is 6.26. The van der Waals surface area contributed by atoms with Crippen molar-refractivity contribution in [3.8, 4) is 0 Å². The number of fused-ring (bicyclic) bond motifs is 1. The van der Waals surface area contributed by atoms with E-state index in [1.54, 1.807) is 0 Å². The third-order valence-electron chi connectivity index (χ3n) is 4.20. The minimum absolute atomic E-state index is 0.520. The molecule has 0 aliphatic heterocycles. The van der Waals surface area contributed by atoms with Gasteiger partial charge in [0.1, 0.15) is 0 Å². The summed E-state index contributed by atoms with van der Waals surface area (Å²) in [5.74, 6) is 2.10. The van der Waals surface area contributed by atoms with Gasteiger partial charge in [0.05, 0.1) is 5.01 Å². The van der Waals surface area contributed by atoms with E-state index in [9.17, 15) is 0 Å². The van der Waals surface area contributed by atoms with Crippen molar-refractivity contribution < 1.29 is 0 Å². The fraction of sp³-hybridized carbons (Fsp3) is 0.769. The van der Waals surface area contributed by atoms with E-state index in [4.69, 9.17) is 0 Å². The predicted octanol–water partition coefficient (Wildman–Crippen LogP) is 2.63. The van der Waals surface area contributed by atoms with Gasteiger partial charge in [-0.2, -0.15) is 0 Å². The van der Waals surface area contributed by atoms with Crippen molar-refractivity contribution in [2.45, 2.75) is 32.6 Å². The van der Waals surface area contributed by atoms with Crippen LogP contribution < -0.4 is 5.32 Å². The third kappa shape index (κ3) is 1.91. The van der Waals surface area contributed by atoms with E-state index in [0.29, 0.717) is 5.41 Å². The molecule has 0 aromatic carbocycles. The number of aromatic nitrogens is 1. The van der Waals surface area contributed by atoms with Crippen LogP contribution in [-0.4, -0.2) is 18.6 Å². The van der Waals surface area contributed by atoms with E-state index in [0.717, 1.165) is 11.8 Å². The van der Waals surface area contributed by atoms with Gasteiger partial charge >= 0.3 is 0 Å². The predicted molar refractivity (Wildman–Crippen MR) is 67.7 cm³/mol. The van der Waals surface area contributed by atoms with E-state index in [-0.39, 0.29) is 0 Å². The summed E-state index contributed by atoms with van der Waals surface area (Å²) < 4.78 is 0. The normalized spacial score (nSPS) is 36.4. The van der Waals surface area contributed by atoms with Gasteiger partial charge in [0.2, 0.25) is 0 Å². The zero-order valence-electron chi connectivity index (χ0n) is 10.1. The Labute approximate surface area is 101 Å². The molecule has 88 valence electrons. The monoisotopic (exact) mass is 236 g/mol. The lowest BCUT2D eigenvalue weighted by molar-refractivity contribution is 0.255. The topological polar surface area (TPSA) is 24.9 Å². The fourth-order valence-corrected chi connectivity index (χ4v) is 4.48. The number of aryl methyl sites for hydroxylation is 1. The summed E-state index contributed by atoms with van der Waals surface area (Å²) in [4.78, 5) is 4.63. The molecule has 2 atom stereocenters. The van der Waals surface area contributed by atoms with E-state index < -0.39 is 0 Å². The smallest absolute Gasteiger partial charge is 0.0934 e. The van der Waals surface area contributed by atoms with Crippen LogP contribution in [0.25, 0.3) is 0 Å². The van der Waals surface area contributed by atoms with E-state index in [1.165, 1.54) is 42.9 Å². The van der Waals surface area contributed by atoms with Crippen LogP contribution in [0.2, 0.25) is 0 Å².